The first-order valence-electron chi connectivity index (χ1n) is 10.2. The van der Waals surface area contributed by atoms with Gasteiger partial charge in [-0.2, -0.15) is 0 Å². The summed E-state index contributed by atoms with van der Waals surface area (Å²) in [5, 5.41) is 3.27. The second-order valence-electron chi connectivity index (χ2n) is 7.97. The van der Waals surface area contributed by atoms with Crippen molar-refractivity contribution in [3.63, 3.8) is 0 Å². The molecule has 5 rings (SSSR count). The Balaban J connectivity index is 1.32. The normalized spacial score (nSPS) is 13.5. The van der Waals surface area contributed by atoms with Crippen LogP contribution < -0.4 is 32.4 Å². The second kappa shape index (κ2) is 7.92. The number of aromatic amines is 1. The summed E-state index contributed by atoms with van der Waals surface area (Å²) in [7, 11) is 0. The van der Waals surface area contributed by atoms with E-state index in [1.807, 2.05) is 30.0 Å². The fraction of sp³-hybridized carbons (Fsp3) is 0.227. The first-order chi connectivity index (χ1) is 15.7. The molecule has 0 atom stereocenters. The number of benzene rings is 1. The lowest BCUT2D eigenvalue weighted by Gasteiger charge is -2.32. The van der Waals surface area contributed by atoms with E-state index in [9.17, 15) is 19.2 Å². The van der Waals surface area contributed by atoms with Gasteiger partial charge in [-0.15, -0.1) is 11.3 Å². The van der Waals surface area contributed by atoms with Crippen LogP contribution in [0.25, 0.3) is 10.2 Å². The number of thiophene rings is 1. The van der Waals surface area contributed by atoms with Gasteiger partial charge < -0.3 is 20.9 Å². The first-order valence-corrected chi connectivity index (χ1v) is 11.8. The van der Waals surface area contributed by atoms with Crippen LogP contribution in [-0.4, -0.2) is 22.4 Å². The molecular weight excluding hydrogens is 510 g/mol. The van der Waals surface area contributed by atoms with Gasteiger partial charge in [0.2, 0.25) is 5.82 Å². The molecule has 0 unspecified atom stereocenters. The highest BCUT2D eigenvalue weighted by Gasteiger charge is 2.27. The summed E-state index contributed by atoms with van der Waals surface area (Å²) in [5.74, 6) is -0.520. The number of rotatable bonds is 4. The van der Waals surface area contributed by atoms with Crippen LogP contribution in [0.1, 0.15) is 32.9 Å². The molecule has 0 aliphatic carbocycles. The zero-order valence-electron chi connectivity index (χ0n) is 17.5. The maximum absolute atomic E-state index is 12.6. The molecule has 0 saturated carbocycles. The van der Waals surface area contributed by atoms with Crippen LogP contribution in [0, 0.1) is 6.92 Å². The lowest BCUT2D eigenvalue weighted by Crippen LogP contribution is -2.44. The van der Waals surface area contributed by atoms with Crippen LogP contribution in [0.4, 0.5) is 11.4 Å². The number of halogens is 1. The van der Waals surface area contributed by atoms with E-state index < -0.39 is 16.8 Å². The molecule has 3 heterocycles. The Morgan fingerprint density at radius 1 is 1.27 bits per heavy atom. The number of aromatic nitrogens is 2. The predicted molar refractivity (Wildman–Crippen MR) is 131 cm³/mol. The number of nitrogens with two attached hydrogens (primary N) is 1. The number of hydrogen-bond acceptors (Lipinski definition) is 8. The number of nitrogens with one attached hydrogen (secondary N) is 2. The standard InChI is InChI=1S/C22H18BrN5O4S/c1-9-13-20(31)26-19(27-22(13)33-18(9)23)21(32)25-7-10-2-3-11-4-5-28(8-12(11)6-10)15-14(24)16(29)17(15)30/h2-3,6H,4-5,7-8,24H2,1H3,(H,25,32)(H,26,27,31). The fourth-order valence-electron chi connectivity index (χ4n) is 4.11. The average Bonchev–Trinajstić information content (AvgIpc) is 3.10. The Labute approximate surface area is 199 Å². The van der Waals surface area contributed by atoms with Crippen molar-refractivity contribution < 1.29 is 4.79 Å². The number of carbonyl (C=O) groups is 1. The quantitative estimate of drug-likeness (QED) is 0.343. The minimum Gasteiger partial charge on any atom is -0.394 e. The van der Waals surface area contributed by atoms with Gasteiger partial charge in [0.1, 0.15) is 16.2 Å². The van der Waals surface area contributed by atoms with Crippen LogP contribution in [0.15, 0.2) is 36.4 Å². The maximum atomic E-state index is 12.6. The Hall–Kier alpha value is -3.31. The molecule has 0 fully saturated rings. The van der Waals surface area contributed by atoms with Gasteiger partial charge in [0.25, 0.3) is 22.3 Å². The number of fused-ring (bicyclic) bond motifs is 2. The molecule has 1 aliphatic rings. The summed E-state index contributed by atoms with van der Waals surface area (Å²) in [5.41, 5.74) is 8.34. The summed E-state index contributed by atoms with van der Waals surface area (Å²) < 4.78 is 0.807. The Morgan fingerprint density at radius 2 is 2.06 bits per heavy atom. The van der Waals surface area contributed by atoms with Crippen LogP contribution in [-0.2, 0) is 19.5 Å². The highest BCUT2D eigenvalue weighted by Crippen LogP contribution is 2.31. The van der Waals surface area contributed by atoms with Gasteiger partial charge >= 0.3 is 0 Å². The van der Waals surface area contributed by atoms with Crippen LogP contribution in [0.2, 0.25) is 0 Å². The van der Waals surface area contributed by atoms with Crippen LogP contribution in [0.5, 0.6) is 0 Å². The van der Waals surface area contributed by atoms with E-state index in [0.29, 0.717) is 29.0 Å². The Bertz CT molecular complexity index is 1580. The molecule has 11 heteroatoms. The van der Waals surface area contributed by atoms with Gasteiger partial charge in [-0.3, -0.25) is 19.2 Å². The molecule has 9 nitrogen and oxygen atoms in total. The van der Waals surface area contributed by atoms with E-state index in [1.54, 1.807) is 0 Å². The lowest BCUT2D eigenvalue weighted by atomic mass is 9.96. The molecule has 1 amide bonds. The van der Waals surface area contributed by atoms with E-state index >= 15 is 0 Å². The van der Waals surface area contributed by atoms with Crippen molar-refractivity contribution >= 4 is 54.8 Å². The summed E-state index contributed by atoms with van der Waals surface area (Å²) in [6.07, 6.45) is 0.723. The summed E-state index contributed by atoms with van der Waals surface area (Å²) >= 11 is 4.71. The molecule has 4 N–H and O–H groups in total. The molecule has 0 bridgehead atoms. The average molecular weight is 528 g/mol. The zero-order valence-corrected chi connectivity index (χ0v) is 19.9. The number of anilines is 2. The van der Waals surface area contributed by atoms with Crippen molar-refractivity contribution in [2.75, 3.05) is 17.2 Å². The second-order valence-corrected chi connectivity index (χ2v) is 10.3. The minimum absolute atomic E-state index is 0.0262. The van der Waals surface area contributed by atoms with E-state index in [0.717, 1.165) is 32.5 Å². The summed E-state index contributed by atoms with van der Waals surface area (Å²) in [6.45, 7) is 3.13. The first kappa shape index (κ1) is 21.5. The number of amides is 1. The highest BCUT2D eigenvalue weighted by molar-refractivity contribution is 9.11. The van der Waals surface area contributed by atoms with Crippen molar-refractivity contribution in [3.8, 4) is 0 Å². The number of carbonyl (C=O) groups excluding carboxylic acids is 1. The summed E-state index contributed by atoms with van der Waals surface area (Å²) in [4.78, 5) is 57.6. The van der Waals surface area contributed by atoms with Gasteiger partial charge in [0.15, 0.2) is 0 Å². The van der Waals surface area contributed by atoms with E-state index in [1.165, 1.54) is 11.3 Å². The van der Waals surface area contributed by atoms with E-state index in [-0.39, 0.29) is 23.6 Å². The zero-order chi connectivity index (χ0) is 23.4. The smallest absolute Gasteiger partial charge is 0.287 e. The highest BCUT2D eigenvalue weighted by atomic mass is 79.9. The summed E-state index contributed by atoms with van der Waals surface area (Å²) in [6, 6.07) is 5.89. The predicted octanol–water partition coefficient (Wildman–Crippen LogP) is 1.73. The molecule has 0 saturated heterocycles. The third-order valence-corrected chi connectivity index (χ3v) is 7.99. The van der Waals surface area contributed by atoms with Gasteiger partial charge in [-0.25, -0.2) is 4.98 Å². The third-order valence-electron chi connectivity index (χ3n) is 5.93. The maximum Gasteiger partial charge on any atom is 0.287 e. The Morgan fingerprint density at radius 3 is 2.82 bits per heavy atom. The molecule has 0 spiro atoms. The van der Waals surface area contributed by atoms with Crippen LogP contribution in [0.3, 0.4) is 0 Å². The van der Waals surface area contributed by atoms with Gasteiger partial charge in [0.05, 0.1) is 9.17 Å². The van der Waals surface area contributed by atoms with Crippen molar-refractivity contribution in [3.05, 3.63) is 80.9 Å². The largest absolute Gasteiger partial charge is 0.394 e. The number of nitrogens with zero attached hydrogens (tertiary/aromatic N) is 2. The van der Waals surface area contributed by atoms with Crippen molar-refractivity contribution in [1.29, 1.82) is 0 Å². The molecule has 0 radical (unpaired) electrons. The monoisotopic (exact) mass is 527 g/mol. The topological polar surface area (TPSA) is 138 Å². The van der Waals surface area contributed by atoms with Crippen LogP contribution >= 0.6 is 27.3 Å². The number of H-pyrrole nitrogens is 1. The number of nitrogen functional groups attached to an aromatic ring is 1. The van der Waals surface area contributed by atoms with Gasteiger partial charge in [0, 0.05) is 19.6 Å². The van der Waals surface area contributed by atoms with Crippen molar-refractivity contribution in [2.45, 2.75) is 26.4 Å². The minimum atomic E-state index is -0.623. The third kappa shape index (κ3) is 3.57. The molecule has 2 aromatic heterocycles. The molecule has 2 aromatic carbocycles. The number of aryl methyl sites for hydroxylation is 1. The van der Waals surface area contributed by atoms with Crippen molar-refractivity contribution in [1.82, 2.24) is 15.3 Å². The molecule has 1 aliphatic heterocycles. The molecule has 33 heavy (non-hydrogen) atoms. The van der Waals surface area contributed by atoms with Gasteiger partial charge in [-0.05, 0) is 51.5 Å². The van der Waals surface area contributed by atoms with E-state index in [2.05, 4.69) is 31.2 Å². The lowest BCUT2D eigenvalue weighted by molar-refractivity contribution is 0.0940. The van der Waals surface area contributed by atoms with E-state index in [4.69, 9.17) is 5.73 Å². The van der Waals surface area contributed by atoms with Crippen molar-refractivity contribution in [2.24, 2.45) is 0 Å². The molecular formula is C22H18BrN5O4S. The molecule has 168 valence electrons. The SMILES string of the molecule is Cc1c(Br)sc2nc(C(=O)NCc3ccc4c(c3)CN(c3c(N)c(=O)c3=O)CC4)[nH]c(=O)c12. The molecule has 4 aromatic rings. The fourth-order valence-corrected chi connectivity index (χ4v) is 5.68. The Kier molecular flexibility index (Phi) is 5.17. The number of hydrogen-bond donors (Lipinski definition) is 3. The van der Waals surface area contributed by atoms with Gasteiger partial charge in [-0.1, -0.05) is 18.2 Å².